The van der Waals surface area contributed by atoms with Gasteiger partial charge in [-0.3, -0.25) is 0 Å². The molecule has 1 unspecified atom stereocenters. The topological polar surface area (TPSA) is 46.6 Å². The Morgan fingerprint density at radius 1 is 1.17 bits per heavy atom. The summed E-state index contributed by atoms with van der Waals surface area (Å²) in [6.07, 6.45) is 0.743. The maximum absolute atomic E-state index is 12.9. The van der Waals surface area contributed by atoms with Gasteiger partial charge in [0, 0.05) is 13.7 Å². The van der Waals surface area contributed by atoms with E-state index in [0.717, 1.165) is 17.5 Å². The van der Waals surface area contributed by atoms with Gasteiger partial charge < -0.3 is 4.74 Å². The van der Waals surface area contributed by atoms with E-state index in [1.807, 2.05) is 30.3 Å². The van der Waals surface area contributed by atoms with Gasteiger partial charge in [0.2, 0.25) is 10.0 Å². The lowest BCUT2D eigenvalue weighted by Crippen LogP contribution is -2.42. The summed E-state index contributed by atoms with van der Waals surface area (Å²) >= 11 is 0. The van der Waals surface area contributed by atoms with Gasteiger partial charge in [0.1, 0.15) is 0 Å². The Hall–Kier alpha value is -1.69. The van der Waals surface area contributed by atoms with Crippen LogP contribution in [-0.4, -0.2) is 38.7 Å². The van der Waals surface area contributed by atoms with Crippen molar-refractivity contribution in [2.45, 2.75) is 19.4 Å². The van der Waals surface area contributed by atoms with Crippen molar-refractivity contribution in [1.82, 2.24) is 4.31 Å². The normalized spacial score (nSPS) is 18.3. The first-order valence-electron chi connectivity index (χ1n) is 8.16. The minimum atomic E-state index is -3.39. The van der Waals surface area contributed by atoms with Gasteiger partial charge in [0.05, 0.1) is 18.4 Å². The van der Waals surface area contributed by atoms with Crippen LogP contribution in [-0.2, 0) is 21.2 Å². The molecule has 0 aromatic heterocycles. The fourth-order valence-corrected chi connectivity index (χ4v) is 4.86. The van der Waals surface area contributed by atoms with Crippen molar-refractivity contribution < 1.29 is 13.2 Å². The minimum absolute atomic E-state index is 0.00796. The van der Waals surface area contributed by atoms with E-state index >= 15 is 0 Å². The highest BCUT2D eigenvalue weighted by Gasteiger charge is 2.36. The van der Waals surface area contributed by atoms with Crippen LogP contribution in [0.4, 0.5) is 0 Å². The zero-order chi connectivity index (χ0) is 17.2. The SMILES string of the molecule is COCCS(=O)(=O)N1CCc2cc(C)ccc2C1c1ccccc1. The Bertz CT molecular complexity index is 803. The number of aryl methyl sites for hydroxylation is 1. The molecule has 3 rings (SSSR count). The molecule has 0 radical (unpaired) electrons. The highest BCUT2D eigenvalue weighted by atomic mass is 32.2. The van der Waals surface area contributed by atoms with Gasteiger partial charge in [-0.05, 0) is 30.0 Å². The summed E-state index contributed by atoms with van der Waals surface area (Å²) in [6, 6.07) is 15.9. The largest absolute Gasteiger partial charge is 0.384 e. The molecule has 0 saturated heterocycles. The molecule has 0 amide bonds. The van der Waals surface area contributed by atoms with Crippen molar-refractivity contribution >= 4 is 10.0 Å². The summed E-state index contributed by atoms with van der Waals surface area (Å²) in [5.74, 6) is 0.00796. The van der Waals surface area contributed by atoms with E-state index in [2.05, 4.69) is 25.1 Å². The van der Waals surface area contributed by atoms with Crippen LogP contribution in [0, 0.1) is 6.92 Å². The third-order valence-electron chi connectivity index (χ3n) is 4.50. The Labute approximate surface area is 144 Å². The lowest BCUT2D eigenvalue weighted by Gasteiger charge is -2.37. The minimum Gasteiger partial charge on any atom is -0.384 e. The number of fused-ring (bicyclic) bond motifs is 1. The molecule has 5 heteroatoms. The van der Waals surface area contributed by atoms with Crippen LogP contribution in [0.15, 0.2) is 48.5 Å². The molecule has 1 aliphatic rings. The predicted molar refractivity (Wildman–Crippen MR) is 95.5 cm³/mol. The van der Waals surface area contributed by atoms with E-state index in [-0.39, 0.29) is 18.4 Å². The van der Waals surface area contributed by atoms with Crippen molar-refractivity contribution in [3.05, 3.63) is 70.8 Å². The Morgan fingerprint density at radius 2 is 1.92 bits per heavy atom. The van der Waals surface area contributed by atoms with Crippen LogP contribution in [0.25, 0.3) is 0 Å². The molecule has 0 aliphatic carbocycles. The van der Waals surface area contributed by atoms with Gasteiger partial charge >= 0.3 is 0 Å². The van der Waals surface area contributed by atoms with Crippen LogP contribution < -0.4 is 0 Å². The maximum Gasteiger partial charge on any atom is 0.217 e. The standard InChI is InChI=1S/C19H23NO3S/c1-15-8-9-18-17(14-15)10-11-20(24(21,22)13-12-23-2)19(18)16-6-4-3-5-7-16/h3-9,14,19H,10-13H2,1-2H3. The third kappa shape index (κ3) is 3.38. The zero-order valence-electron chi connectivity index (χ0n) is 14.1. The average molecular weight is 345 g/mol. The maximum atomic E-state index is 12.9. The summed E-state index contributed by atoms with van der Waals surface area (Å²) in [6.45, 7) is 2.78. The molecule has 0 bridgehead atoms. The smallest absolute Gasteiger partial charge is 0.217 e. The van der Waals surface area contributed by atoms with Crippen LogP contribution in [0.1, 0.15) is 28.3 Å². The highest BCUT2D eigenvalue weighted by molar-refractivity contribution is 7.89. The highest BCUT2D eigenvalue weighted by Crippen LogP contribution is 2.37. The zero-order valence-corrected chi connectivity index (χ0v) is 14.9. The Morgan fingerprint density at radius 3 is 2.62 bits per heavy atom. The Balaban J connectivity index is 2.08. The van der Waals surface area contributed by atoms with E-state index in [9.17, 15) is 8.42 Å². The number of benzene rings is 2. The number of rotatable bonds is 5. The van der Waals surface area contributed by atoms with Gasteiger partial charge in [-0.1, -0.05) is 54.1 Å². The second kappa shape index (κ2) is 7.05. The molecule has 0 fully saturated rings. The van der Waals surface area contributed by atoms with Crippen LogP contribution in [0.5, 0.6) is 0 Å². The van der Waals surface area contributed by atoms with Crippen LogP contribution >= 0.6 is 0 Å². The monoisotopic (exact) mass is 345 g/mol. The fourth-order valence-electron chi connectivity index (χ4n) is 3.32. The van der Waals surface area contributed by atoms with Crippen molar-refractivity contribution in [1.29, 1.82) is 0 Å². The summed E-state index contributed by atoms with van der Waals surface area (Å²) < 4.78 is 32.3. The molecule has 1 aliphatic heterocycles. The number of hydrogen-bond donors (Lipinski definition) is 0. The third-order valence-corrected chi connectivity index (χ3v) is 6.29. The molecule has 2 aromatic rings. The lowest BCUT2D eigenvalue weighted by atomic mass is 9.89. The van der Waals surface area contributed by atoms with Gasteiger partial charge in [0.25, 0.3) is 0 Å². The van der Waals surface area contributed by atoms with E-state index in [1.54, 1.807) is 4.31 Å². The fraction of sp³-hybridized carbons (Fsp3) is 0.368. The number of methoxy groups -OCH3 is 1. The molecule has 4 nitrogen and oxygen atoms in total. The predicted octanol–water partition coefficient (Wildman–Crippen LogP) is 2.92. The molecule has 24 heavy (non-hydrogen) atoms. The van der Waals surface area contributed by atoms with E-state index in [4.69, 9.17) is 4.74 Å². The second-order valence-electron chi connectivity index (χ2n) is 6.19. The first-order valence-corrected chi connectivity index (χ1v) is 9.76. The lowest BCUT2D eigenvalue weighted by molar-refractivity contribution is 0.214. The quantitative estimate of drug-likeness (QED) is 0.837. The van der Waals surface area contributed by atoms with Gasteiger partial charge in [-0.15, -0.1) is 0 Å². The second-order valence-corrected chi connectivity index (χ2v) is 8.23. The first-order chi connectivity index (χ1) is 11.5. The summed E-state index contributed by atoms with van der Waals surface area (Å²) in [5.41, 5.74) is 4.53. The summed E-state index contributed by atoms with van der Waals surface area (Å²) in [7, 11) is -1.86. The van der Waals surface area contributed by atoms with E-state index in [1.165, 1.54) is 18.2 Å². The number of sulfonamides is 1. The number of hydrogen-bond acceptors (Lipinski definition) is 3. The summed E-state index contributed by atoms with van der Waals surface area (Å²) in [4.78, 5) is 0. The molecular weight excluding hydrogens is 322 g/mol. The molecule has 0 spiro atoms. The van der Waals surface area contributed by atoms with Crippen molar-refractivity contribution in [3.8, 4) is 0 Å². The number of nitrogens with zero attached hydrogens (tertiary/aromatic N) is 1. The number of ether oxygens (including phenoxy) is 1. The van der Waals surface area contributed by atoms with Crippen molar-refractivity contribution in [2.75, 3.05) is 26.0 Å². The molecule has 0 N–H and O–H groups in total. The molecule has 1 heterocycles. The van der Waals surface area contributed by atoms with Crippen LogP contribution in [0.2, 0.25) is 0 Å². The molecule has 2 aromatic carbocycles. The van der Waals surface area contributed by atoms with Gasteiger partial charge in [-0.2, -0.15) is 4.31 Å². The first kappa shape index (κ1) is 17.1. The average Bonchev–Trinajstić information content (AvgIpc) is 2.59. The van der Waals surface area contributed by atoms with Gasteiger partial charge in [-0.25, -0.2) is 8.42 Å². The molecule has 0 saturated carbocycles. The Kier molecular flexibility index (Phi) is 5.04. The molecular formula is C19H23NO3S. The van der Waals surface area contributed by atoms with Crippen molar-refractivity contribution in [2.24, 2.45) is 0 Å². The molecule has 1 atom stereocenters. The molecule has 128 valence electrons. The van der Waals surface area contributed by atoms with Crippen molar-refractivity contribution in [3.63, 3.8) is 0 Å². The van der Waals surface area contributed by atoms with Gasteiger partial charge in [0.15, 0.2) is 0 Å². The van der Waals surface area contributed by atoms with Crippen LogP contribution in [0.3, 0.4) is 0 Å². The summed E-state index contributed by atoms with van der Waals surface area (Å²) in [5, 5.41) is 0. The van der Waals surface area contributed by atoms with E-state index in [0.29, 0.717) is 6.54 Å². The van der Waals surface area contributed by atoms with E-state index < -0.39 is 10.0 Å².